The highest BCUT2D eigenvalue weighted by molar-refractivity contribution is 5.94. The lowest BCUT2D eigenvalue weighted by Gasteiger charge is -2.05. The minimum Gasteiger partial charge on any atom is -0.444 e. The number of amides is 1. The molecule has 1 amide bonds. The summed E-state index contributed by atoms with van der Waals surface area (Å²) >= 11 is 0. The average Bonchev–Trinajstić information content (AvgIpc) is 3.07. The first-order chi connectivity index (χ1) is 11.6. The molecule has 1 heterocycles. The maximum atomic E-state index is 13.5. The summed E-state index contributed by atoms with van der Waals surface area (Å²) in [7, 11) is 0. The molecule has 0 aliphatic rings. The largest absolute Gasteiger partial charge is 0.444 e. The Morgan fingerprint density at radius 1 is 1.08 bits per heavy atom. The van der Waals surface area contributed by atoms with E-state index in [9.17, 15) is 13.6 Å². The molecule has 0 aliphatic carbocycles. The lowest BCUT2D eigenvalue weighted by molar-refractivity contribution is 0.0949. The van der Waals surface area contributed by atoms with Crippen LogP contribution in [-0.4, -0.2) is 17.4 Å². The summed E-state index contributed by atoms with van der Waals surface area (Å²) in [5.41, 5.74) is 1.20. The normalized spacial score (nSPS) is 10.6. The number of rotatable bonds is 5. The Kier molecular flexibility index (Phi) is 4.65. The van der Waals surface area contributed by atoms with Crippen molar-refractivity contribution >= 4 is 5.91 Å². The number of nitrogens with one attached hydrogen (secondary N) is 1. The Hall–Kier alpha value is -3.02. The van der Waals surface area contributed by atoms with Gasteiger partial charge in [0.15, 0.2) is 11.6 Å². The van der Waals surface area contributed by atoms with Gasteiger partial charge in [-0.3, -0.25) is 4.79 Å². The molecule has 1 aromatic heterocycles. The summed E-state index contributed by atoms with van der Waals surface area (Å²) < 4.78 is 32.0. The molecule has 2 aromatic carbocycles. The molecular formula is C18H14F2N2O2. The quantitative estimate of drug-likeness (QED) is 0.779. The van der Waals surface area contributed by atoms with E-state index in [1.165, 1.54) is 18.4 Å². The van der Waals surface area contributed by atoms with Crippen molar-refractivity contribution in [2.75, 3.05) is 6.54 Å². The SMILES string of the molecule is O=C(NCCc1coc(-c2ccccc2)n1)c1cccc(F)c1F. The number of aromatic nitrogens is 1. The molecule has 122 valence electrons. The first-order valence-corrected chi connectivity index (χ1v) is 7.37. The molecule has 0 aliphatic heterocycles. The highest BCUT2D eigenvalue weighted by Gasteiger charge is 2.14. The zero-order valence-electron chi connectivity index (χ0n) is 12.6. The number of hydrogen-bond acceptors (Lipinski definition) is 3. The second kappa shape index (κ2) is 7.04. The third-order valence-electron chi connectivity index (χ3n) is 3.44. The van der Waals surface area contributed by atoms with E-state index in [2.05, 4.69) is 10.3 Å². The monoisotopic (exact) mass is 328 g/mol. The van der Waals surface area contributed by atoms with E-state index in [1.54, 1.807) is 0 Å². The molecule has 3 aromatic rings. The van der Waals surface area contributed by atoms with Gasteiger partial charge in [-0.1, -0.05) is 24.3 Å². The Morgan fingerprint density at radius 3 is 2.67 bits per heavy atom. The molecule has 0 saturated carbocycles. The standard InChI is InChI=1S/C18H14F2N2O2/c19-15-8-4-7-14(16(15)20)17(23)21-10-9-13-11-24-18(22-13)12-5-2-1-3-6-12/h1-8,11H,9-10H2,(H,21,23). The summed E-state index contributed by atoms with van der Waals surface area (Å²) in [5.74, 6) is -2.37. The highest BCUT2D eigenvalue weighted by Crippen LogP contribution is 2.18. The van der Waals surface area contributed by atoms with Crippen molar-refractivity contribution in [3.8, 4) is 11.5 Å². The molecule has 0 saturated heterocycles. The van der Waals surface area contributed by atoms with Crippen molar-refractivity contribution in [1.82, 2.24) is 10.3 Å². The molecule has 0 radical (unpaired) electrons. The molecule has 0 spiro atoms. The average molecular weight is 328 g/mol. The molecule has 0 atom stereocenters. The van der Waals surface area contributed by atoms with Gasteiger partial charge in [0.25, 0.3) is 5.91 Å². The van der Waals surface area contributed by atoms with Crippen LogP contribution in [-0.2, 0) is 6.42 Å². The van der Waals surface area contributed by atoms with Crippen molar-refractivity contribution in [3.05, 3.63) is 77.7 Å². The fraction of sp³-hybridized carbons (Fsp3) is 0.111. The van der Waals surface area contributed by atoms with Crippen molar-refractivity contribution in [1.29, 1.82) is 0 Å². The number of halogens is 2. The lowest BCUT2D eigenvalue weighted by atomic mass is 10.2. The minimum atomic E-state index is -1.15. The number of hydrogen-bond donors (Lipinski definition) is 1. The molecule has 4 nitrogen and oxygen atoms in total. The number of oxazole rings is 1. The lowest BCUT2D eigenvalue weighted by Crippen LogP contribution is -2.26. The number of carbonyl (C=O) groups is 1. The van der Waals surface area contributed by atoms with E-state index < -0.39 is 17.5 Å². The molecule has 6 heteroatoms. The van der Waals surface area contributed by atoms with Crippen LogP contribution in [0.2, 0.25) is 0 Å². The van der Waals surface area contributed by atoms with Gasteiger partial charge < -0.3 is 9.73 Å². The molecule has 3 rings (SSSR count). The maximum Gasteiger partial charge on any atom is 0.254 e. The summed E-state index contributed by atoms with van der Waals surface area (Å²) in [6.45, 7) is 0.232. The third kappa shape index (κ3) is 3.48. The van der Waals surface area contributed by atoms with Crippen LogP contribution in [0.25, 0.3) is 11.5 Å². The van der Waals surface area contributed by atoms with E-state index >= 15 is 0 Å². The highest BCUT2D eigenvalue weighted by atomic mass is 19.2. The number of nitrogens with zero attached hydrogens (tertiary/aromatic N) is 1. The zero-order valence-corrected chi connectivity index (χ0v) is 12.6. The summed E-state index contributed by atoms with van der Waals surface area (Å²) in [4.78, 5) is 16.2. The molecule has 1 N–H and O–H groups in total. The van der Waals surface area contributed by atoms with E-state index in [4.69, 9.17) is 4.42 Å². The van der Waals surface area contributed by atoms with Crippen LogP contribution >= 0.6 is 0 Å². The van der Waals surface area contributed by atoms with Gasteiger partial charge >= 0.3 is 0 Å². The van der Waals surface area contributed by atoms with Gasteiger partial charge in [-0.25, -0.2) is 13.8 Å². The first kappa shape index (κ1) is 15.9. The zero-order chi connectivity index (χ0) is 16.9. The van der Waals surface area contributed by atoms with Crippen molar-refractivity contribution in [3.63, 3.8) is 0 Å². The van der Waals surface area contributed by atoms with Crippen LogP contribution in [0.15, 0.2) is 59.2 Å². The predicted molar refractivity (Wildman–Crippen MR) is 84.3 cm³/mol. The van der Waals surface area contributed by atoms with E-state index in [0.29, 0.717) is 18.0 Å². The second-order valence-corrected chi connectivity index (χ2v) is 5.12. The van der Waals surface area contributed by atoms with Crippen molar-refractivity contribution in [2.24, 2.45) is 0 Å². The van der Waals surface area contributed by atoms with Crippen LogP contribution in [0.1, 0.15) is 16.1 Å². The van der Waals surface area contributed by atoms with Crippen LogP contribution in [0.5, 0.6) is 0 Å². The fourth-order valence-corrected chi connectivity index (χ4v) is 2.21. The number of benzene rings is 2. The number of carbonyl (C=O) groups excluding carboxylic acids is 1. The van der Waals surface area contributed by atoms with Crippen LogP contribution in [0.4, 0.5) is 8.78 Å². The molecular weight excluding hydrogens is 314 g/mol. The van der Waals surface area contributed by atoms with Gasteiger partial charge in [0.2, 0.25) is 5.89 Å². The fourth-order valence-electron chi connectivity index (χ4n) is 2.21. The smallest absolute Gasteiger partial charge is 0.254 e. The van der Waals surface area contributed by atoms with Gasteiger partial charge in [-0.2, -0.15) is 0 Å². The summed E-state index contributed by atoms with van der Waals surface area (Å²) in [5, 5.41) is 2.54. The van der Waals surface area contributed by atoms with Gasteiger partial charge in [0, 0.05) is 18.5 Å². The van der Waals surface area contributed by atoms with Gasteiger partial charge in [0.05, 0.1) is 11.3 Å². The minimum absolute atomic E-state index is 0.232. The Bertz CT molecular complexity index is 847. The third-order valence-corrected chi connectivity index (χ3v) is 3.44. The van der Waals surface area contributed by atoms with Crippen molar-refractivity contribution in [2.45, 2.75) is 6.42 Å². The van der Waals surface area contributed by atoms with E-state index in [-0.39, 0.29) is 12.1 Å². The van der Waals surface area contributed by atoms with E-state index in [1.807, 2.05) is 30.3 Å². The maximum absolute atomic E-state index is 13.5. The van der Waals surface area contributed by atoms with Gasteiger partial charge in [-0.15, -0.1) is 0 Å². The second-order valence-electron chi connectivity index (χ2n) is 5.12. The topological polar surface area (TPSA) is 55.1 Å². The molecule has 0 bridgehead atoms. The van der Waals surface area contributed by atoms with Gasteiger partial charge in [0.1, 0.15) is 6.26 Å². The van der Waals surface area contributed by atoms with E-state index in [0.717, 1.165) is 11.6 Å². The summed E-state index contributed by atoms with van der Waals surface area (Å²) in [6, 6.07) is 12.9. The van der Waals surface area contributed by atoms with Crippen LogP contribution < -0.4 is 5.32 Å². The Balaban J connectivity index is 1.58. The molecule has 0 unspecified atom stereocenters. The first-order valence-electron chi connectivity index (χ1n) is 7.37. The Morgan fingerprint density at radius 2 is 1.88 bits per heavy atom. The molecule has 24 heavy (non-hydrogen) atoms. The van der Waals surface area contributed by atoms with Crippen LogP contribution in [0.3, 0.4) is 0 Å². The molecule has 0 fully saturated rings. The predicted octanol–water partition coefficient (Wildman–Crippen LogP) is 3.59. The summed E-state index contributed by atoms with van der Waals surface area (Å²) in [6.07, 6.45) is 1.93. The van der Waals surface area contributed by atoms with Crippen molar-refractivity contribution < 1.29 is 18.0 Å². The van der Waals surface area contributed by atoms with Gasteiger partial charge in [-0.05, 0) is 24.3 Å². The van der Waals surface area contributed by atoms with Crippen LogP contribution in [0, 0.1) is 11.6 Å². The Labute approximate surface area is 137 Å².